The van der Waals surface area contributed by atoms with E-state index in [1.54, 1.807) is 6.92 Å². The molecule has 1 aliphatic rings. The van der Waals surface area contributed by atoms with E-state index in [9.17, 15) is 18.3 Å². The van der Waals surface area contributed by atoms with Crippen LogP contribution in [0.25, 0.3) is 0 Å². The summed E-state index contributed by atoms with van der Waals surface area (Å²) in [5.41, 5.74) is 0. The molecular formula is C12H22O4S. The molecular weight excluding hydrogens is 240 g/mol. The van der Waals surface area contributed by atoms with Gasteiger partial charge in [0.25, 0.3) is 0 Å². The lowest BCUT2D eigenvalue weighted by molar-refractivity contribution is -0.144. The summed E-state index contributed by atoms with van der Waals surface area (Å²) in [6.07, 6.45) is 5.12. The molecule has 1 fully saturated rings. The molecule has 2 unspecified atom stereocenters. The van der Waals surface area contributed by atoms with Crippen LogP contribution in [0.2, 0.25) is 0 Å². The van der Waals surface area contributed by atoms with E-state index in [1.165, 1.54) is 0 Å². The predicted molar refractivity (Wildman–Crippen MR) is 66.6 cm³/mol. The molecule has 100 valence electrons. The number of carboxylic acid groups (broad SMARTS) is 1. The maximum absolute atomic E-state index is 11.5. The minimum Gasteiger partial charge on any atom is -0.481 e. The van der Waals surface area contributed by atoms with Gasteiger partial charge in [-0.1, -0.05) is 26.2 Å². The average Bonchev–Trinajstić information content (AvgIpc) is 2.51. The van der Waals surface area contributed by atoms with Crippen molar-refractivity contribution < 1.29 is 18.3 Å². The second-order valence-corrected chi connectivity index (χ2v) is 7.34. The maximum atomic E-state index is 11.5. The van der Waals surface area contributed by atoms with Crippen LogP contribution < -0.4 is 0 Å². The fourth-order valence-electron chi connectivity index (χ4n) is 2.53. The smallest absolute Gasteiger partial charge is 0.306 e. The highest BCUT2D eigenvalue weighted by molar-refractivity contribution is 7.91. The number of carboxylic acids is 1. The lowest BCUT2D eigenvalue weighted by Crippen LogP contribution is -2.25. The summed E-state index contributed by atoms with van der Waals surface area (Å²) in [5, 5.41) is 9.17. The molecule has 0 amide bonds. The van der Waals surface area contributed by atoms with Gasteiger partial charge in [0, 0.05) is 5.75 Å². The Kier molecular flexibility index (Phi) is 5.43. The maximum Gasteiger partial charge on any atom is 0.306 e. The molecule has 0 spiro atoms. The molecule has 1 N–H and O–H groups in total. The van der Waals surface area contributed by atoms with Crippen molar-refractivity contribution in [3.8, 4) is 0 Å². The zero-order valence-corrected chi connectivity index (χ0v) is 11.2. The van der Waals surface area contributed by atoms with Crippen LogP contribution in [0.15, 0.2) is 0 Å². The average molecular weight is 262 g/mol. The van der Waals surface area contributed by atoms with E-state index in [2.05, 4.69) is 0 Å². The van der Waals surface area contributed by atoms with E-state index in [-0.39, 0.29) is 23.3 Å². The molecule has 0 aromatic carbocycles. The number of rotatable bonds is 5. The van der Waals surface area contributed by atoms with Gasteiger partial charge in [0.15, 0.2) is 0 Å². The molecule has 1 aliphatic carbocycles. The van der Waals surface area contributed by atoms with E-state index in [0.717, 1.165) is 25.7 Å². The van der Waals surface area contributed by atoms with Crippen molar-refractivity contribution in [3.63, 3.8) is 0 Å². The zero-order chi connectivity index (χ0) is 12.9. The second-order valence-electron chi connectivity index (χ2n) is 4.87. The first-order chi connectivity index (χ1) is 7.96. The molecule has 17 heavy (non-hydrogen) atoms. The third-order valence-electron chi connectivity index (χ3n) is 3.72. The van der Waals surface area contributed by atoms with Crippen molar-refractivity contribution in [3.05, 3.63) is 0 Å². The quantitative estimate of drug-likeness (QED) is 0.770. The number of sulfone groups is 1. The number of hydrogen-bond donors (Lipinski definition) is 1. The highest BCUT2D eigenvalue weighted by atomic mass is 32.2. The van der Waals surface area contributed by atoms with Crippen molar-refractivity contribution >= 4 is 15.8 Å². The third-order valence-corrected chi connectivity index (χ3v) is 5.45. The monoisotopic (exact) mass is 262 g/mol. The van der Waals surface area contributed by atoms with Crippen LogP contribution in [0.5, 0.6) is 0 Å². The molecule has 0 aromatic heterocycles. The van der Waals surface area contributed by atoms with Gasteiger partial charge in [-0.25, -0.2) is 8.42 Å². The molecule has 0 aliphatic heterocycles. The summed E-state index contributed by atoms with van der Waals surface area (Å²) in [5.74, 6) is -0.776. The predicted octanol–water partition coefficient (Wildman–Crippen LogP) is 2.09. The van der Waals surface area contributed by atoms with E-state index in [0.29, 0.717) is 12.8 Å². The standard InChI is InChI=1S/C12H22O4S/c1-2-17(15,16)9-8-10-6-4-3-5-7-11(10)12(13)14/h10-11H,2-9H2,1H3,(H,13,14). The molecule has 0 saturated heterocycles. The summed E-state index contributed by atoms with van der Waals surface area (Å²) < 4.78 is 22.9. The number of carbonyl (C=O) groups is 1. The second kappa shape index (κ2) is 6.38. The molecule has 0 aromatic rings. The fourth-order valence-corrected chi connectivity index (χ4v) is 3.48. The summed E-state index contributed by atoms with van der Waals surface area (Å²) in [6.45, 7) is 1.64. The summed E-state index contributed by atoms with van der Waals surface area (Å²) >= 11 is 0. The molecule has 0 bridgehead atoms. The number of hydrogen-bond acceptors (Lipinski definition) is 3. The molecule has 1 saturated carbocycles. The third kappa shape index (κ3) is 4.66. The first-order valence-electron chi connectivity index (χ1n) is 6.39. The van der Waals surface area contributed by atoms with Crippen LogP contribution in [0.4, 0.5) is 0 Å². The van der Waals surface area contributed by atoms with E-state index in [4.69, 9.17) is 0 Å². The SMILES string of the molecule is CCS(=O)(=O)CCC1CCCCCC1C(=O)O. The van der Waals surface area contributed by atoms with Gasteiger partial charge in [0.2, 0.25) is 0 Å². The fraction of sp³-hybridized carbons (Fsp3) is 0.917. The van der Waals surface area contributed by atoms with Gasteiger partial charge in [-0.05, 0) is 25.2 Å². The van der Waals surface area contributed by atoms with Crippen molar-refractivity contribution in [1.82, 2.24) is 0 Å². The summed E-state index contributed by atoms with van der Waals surface area (Å²) in [4.78, 5) is 11.2. The van der Waals surface area contributed by atoms with Crippen molar-refractivity contribution in [2.45, 2.75) is 45.4 Å². The van der Waals surface area contributed by atoms with Crippen LogP contribution in [0, 0.1) is 11.8 Å². The van der Waals surface area contributed by atoms with Crippen molar-refractivity contribution in [2.75, 3.05) is 11.5 Å². The summed E-state index contributed by atoms with van der Waals surface area (Å²) in [7, 11) is -2.97. The largest absolute Gasteiger partial charge is 0.481 e. The minimum absolute atomic E-state index is 0.0383. The van der Waals surface area contributed by atoms with Crippen LogP contribution in [0.1, 0.15) is 45.4 Å². The lowest BCUT2D eigenvalue weighted by atomic mass is 9.86. The van der Waals surface area contributed by atoms with Gasteiger partial charge < -0.3 is 5.11 Å². The van der Waals surface area contributed by atoms with E-state index >= 15 is 0 Å². The molecule has 2 atom stereocenters. The Morgan fingerprint density at radius 2 is 1.88 bits per heavy atom. The van der Waals surface area contributed by atoms with E-state index < -0.39 is 15.8 Å². The summed E-state index contributed by atoms with van der Waals surface area (Å²) in [6, 6.07) is 0. The Morgan fingerprint density at radius 3 is 2.47 bits per heavy atom. The van der Waals surface area contributed by atoms with Gasteiger partial charge in [-0.3, -0.25) is 4.79 Å². The topological polar surface area (TPSA) is 71.4 Å². The lowest BCUT2D eigenvalue weighted by Gasteiger charge is -2.21. The highest BCUT2D eigenvalue weighted by Gasteiger charge is 2.30. The van der Waals surface area contributed by atoms with Gasteiger partial charge in [-0.2, -0.15) is 0 Å². The van der Waals surface area contributed by atoms with Gasteiger partial charge >= 0.3 is 5.97 Å². The van der Waals surface area contributed by atoms with Gasteiger partial charge in [0.1, 0.15) is 9.84 Å². The zero-order valence-electron chi connectivity index (χ0n) is 10.4. The first-order valence-corrected chi connectivity index (χ1v) is 8.21. The molecule has 1 rings (SSSR count). The Balaban J connectivity index is 2.61. The molecule has 0 radical (unpaired) electrons. The van der Waals surface area contributed by atoms with Gasteiger partial charge in [0.05, 0.1) is 11.7 Å². The van der Waals surface area contributed by atoms with Crippen molar-refractivity contribution in [1.29, 1.82) is 0 Å². The Labute approximate surface area is 103 Å². The molecule has 0 heterocycles. The Morgan fingerprint density at radius 1 is 1.24 bits per heavy atom. The highest BCUT2D eigenvalue weighted by Crippen LogP contribution is 2.31. The van der Waals surface area contributed by atoms with Crippen molar-refractivity contribution in [2.24, 2.45) is 11.8 Å². The molecule has 4 nitrogen and oxygen atoms in total. The normalized spacial score (nSPS) is 26.4. The minimum atomic E-state index is -2.97. The Bertz CT molecular complexity index is 348. The molecule has 5 heteroatoms. The number of aliphatic carboxylic acids is 1. The van der Waals surface area contributed by atoms with Gasteiger partial charge in [-0.15, -0.1) is 0 Å². The Hall–Kier alpha value is -0.580. The van der Waals surface area contributed by atoms with Crippen LogP contribution in [0.3, 0.4) is 0 Å². The van der Waals surface area contributed by atoms with Crippen LogP contribution in [-0.2, 0) is 14.6 Å². The van der Waals surface area contributed by atoms with Crippen LogP contribution >= 0.6 is 0 Å². The first kappa shape index (κ1) is 14.5. The van der Waals surface area contributed by atoms with E-state index in [1.807, 2.05) is 0 Å². The van der Waals surface area contributed by atoms with Crippen LogP contribution in [-0.4, -0.2) is 31.0 Å².